The quantitative estimate of drug-likeness (QED) is 0.172. The zero-order valence-corrected chi connectivity index (χ0v) is 29.4. The Morgan fingerprint density at radius 1 is 0.345 bits per heavy atom. The molecule has 0 radical (unpaired) electrons. The molecular weight excluding hydrogens is 673 g/mol. The van der Waals surface area contributed by atoms with Gasteiger partial charge in [-0.1, -0.05) is 133 Å². The first-order valence-corrected chi connectivity index (χ1v) is 18.5. The van der Waals surface area contributed by atoms with Crippen molar-refractivity contribution in [1.29, 1.82) is 0 Å². The van der Waals surface area contributed by atoms with Gasteiger partial charge >= 0.3 is 0 Å². The standard InChI is InChI=1S/C50H28N4O/c1-4-15-32-29(12-1)24-25-38-46-39(21-11-23-45(46)55-47(32)38)48-52-49(41-26-30-13-2-3-14-31(30)33-16-5-6-17-34(33)41)54-50(53-48)42-27-40-37-20-9-10-22-44(37)51-28-43(40)36-19-8-7-18-35(36)42/h1-28H. The molecule has 0 bridgehead atoms. The molecule has 0 atom stereocenters. The van der Waals surface area contributed by atoms with Crippen molar-refractivity contribution in [3.8, 4) is 34.2 Å². The highest BCUT2D eigenvalue weighted by Crippen LogP contribution is 2.42. The van der Waals surface area contributed by atoms with Crippen molar-refractivity contribution in [3.63, 3.8) is 0 Å². The van der Waals surface area contributed by atoms with Gasteiger partial charge in [0, 0.05) is 49.8 Å². The molecule has 0 fully saturated rings. The molecule has 0 aliphatic rings. The smallest absolute Gasteiger partial charge is 0.164 e. The average Bonchev–Trinajstić information content (AvgIpc) is 3.65. The zero-order chi connectivity index (χ0) is 36.0. The van der Waals surface area contributed by atoms with E-state index >= 15 is 0 Å². The molecule has 0 unspecified atom stereocenters. The number of nitrogens with zero attached hydrogens (tertiary/aromatic N) is 4. The minimum atomic E-state index is 0.586. The summed E-state index contributed by atoms with van der Waals surface area (Å²) >= 11 is 0. The Kier molecular flexibility index (Phi) is 6.27. The molecule has 0 saturated heterocycles. The van der Waals surface area contributed by atoms with E-state index in [2.05, 4.69) is 146 Å². The lowest BCUT2D eigenvalue weighted by atomic mass is 9.95. The summed E-state index contributed by atoms with van der Waals surface area (Å²) in [6.07, 6.45) is 1.99. The summed E-state index contributed by atoms with van der Waals surface area (Å²) in [5, 5.41) is 14.2. The third-order valence-electron chi connectivity index (χ3n) is 11.1. The van der Waals surface area contributed by atoms with Gasteiger partial charge in [-0.25, -0.2) is 15.0 Å². The van der Waals surface area contributed by atoms with E-state index in [1.54, 1.807) is 0 Å². The van der Waals surface area contributed by atoms with Crippen LogP contribution >= 0.6 is 0 Å². The minimum Gasteiger partial charge on any atom is -0.455 e. The first-order valence-electron chi connectivity index (χ1n) is 18.5. The highest BCUT2D eigenvalue weighted by atomic mass is 16.3. The molecule has 0 saturated carbocycles. The maximum atomic E-state index is 6.63. The highest BCUT2D eigenvalue weighted by Gasteiger charge is 2.22. The van der Waals surface area contributed by atoms with Gasteiger partial charge in [-0.2, -0.15) is 0 Å². The molecule has 3 aromatic heterocycles. The second-order valence-corrected chi connectivity index (χ2v) is 14.1. The minimum absolute atomic E-state index is 0.586. The third-order valence-corrected chi connectivity index (χ3v) is 11.1. The lowest BCUT2D eigenvalue weighted by Crippen LogP contribution is -2.02. The maximum Gasteiger partial charge on any atom is 0.164 e. The Morgan fingerprint density at radius 2 is 0.927 bits per heavy atom. The lowest BCUT2D eigenvalue weighted by molar-refractivity contribution is 0.672. The fourth-order valence-corrected chi connectivity index (χ4v) is 8.61. The van der Waals surface area contributed by atoms with Gasteiger partial charge in [0.2, 0.25) is 0 Å². The summed E-state index contributed by atoms with van der Waals surface area (Å²) in [5.74, 6) is 1.80. The normalized spacial score (nSPS) is 12.0. The monoisotopic (exact) mass is 700 g/mol. The fraction of sp³-hybridized carbons (Fsp3) is 0. The summed E-state index contributed by atoms with van der Waals surface area (Å²) in [5.41, 5.74) is 5.37. The number of aromatic nitrogens is 4. The van der Waals surface area contributed by atoms with Crippen LogP contribution in [0, 0.1) is 0 Å². The number of hydrogen-bond acceptors (Lipinski definition) is 5. The van der Waals surface area contributed by atoms with Crippen LogP contribution in [0.1, 0.15) is 0 Å². The van der Waals surface area contributed by atoms with Gasteiger partial charge in [0.05, 0.1) is 5.52 Å². The molecular formula is C50H28N4O. The van der Waals surface area contributed by atoms with Gasteiger partial charge in [-0.15, -0.1) is 0 Å². The van der Waals surface area contributed by atoms with Crippen molar-refractivity contribution in [1.82, 2.24) is 19.9 Å². The Bertz CT molecular complexity index is 3570. The second-order valence-electron chi connectivity index (χ2n) is 14.1. The number of para-hydroxylation sites is 1. The molecule has 12 rings (SSSR count). The van der Waals surface area contributed by atoms with Crippen molar-refractivity contribution >= 4 is 86.7 Å². The van der Waals surface area contributed by atoms with E-state index in [0.717, 1.165) is 98.0 Å². The maximum absolute atomic E-state index is 6.63. The lowest BCUT2D eigenvalue weighted by Gasteiger charge is -2.15. The van der Waals surface area contributed by atoms with E-state index < -0.39 is 0 Å². The molecule has 5 heteroatoms. The summed E-state index contributed by atoms with van der Waals surface area (Å²) < 4.78 is 6.63. The Morgan fingerprint density at radius 3 is 1.69 bits per heavy atom. The van der Waals surface area contributed by atoms with Crippen LogP contribution in [0.25, 0.3) is 121 Å². The number of benzene rings is 9. The third kappa shape index (κ3) is 4.47. The summed E-state index contributed by atoms with van der Waals surface area (Å²) in [4.78, 5) is 21.0. The van der Waals surface area contributed by atoms with Crippen molar-refractivity contribution in [2.75, 3.05) is 0 Å². The number of furan rings is 1. The van der Waals surface area contributed by atoms with Crippen LogP contribution in [0.3, 0.4) is 0 Å². The van der Waals surface area contributed by atoms with Gasteiger partial charge in [0.1, 0.15) is 11.2 Å². The van der Waals surface area contributed by atoms with Gasteiger partial charge in [0.15, 0.2) is 17.5 Å². The summed E-state index contributed by atoms with van der Waals surface area (Å²) in [6, 6.07) is 57.1. The molecule has 5 nitrogen and oxygen atoms in total. The van der Waals surface area contributed by atoms with Crippen LogP contribution in [0.4, 0.5) is 0 Å². The Balaban J connectivity index is 1.21. The van der Waals surface area contributed by atoms with Crippen LogP contribution in [-0.2, 0) is 0 Å². The largest absolute Gasteiger partial charge is 0.455 e. The van der Waals surface area contributed by atoms with Crippen LogP contribution < -0.4 is 0 Å². The molecule has 0 aliphatic heterocycles. The first-order chi connectivity index (χ1) is 27.3. The summed E-state index contributed by atoms with van der Waals surface area (Å²) in [6.45, 7) is 0. The van der Waals surface area contributed by atoms with E-state index in [0.29, 0.717) is 17.5 Å². The second kappa shape index (κ2) is 11.5. The van der Waals surface area contributed by atoms with Gasteiger partial charge in [-0.3, -0.25) is 4.98 Å². The Hall–Kier alpha value is -7.50. The topological polar surface area (TPSA) is 64.7 Å². The SMILES string of the molecule is c1ccc2c(c1)cc(-c1nc(-c3cc4c5ccccc5ncc4c4ccccc34)nc(-c3cccc4oc5c6ccccc6ccc5c34)n1)c1ccccc12. The van der Waals surface area contributed by atoms with E-state index in [-0.39, 0.29) is 0 Å². The van der Waals surface area contributed by atoms with Gasteiger partial charge in [-0.05, 0) is 73.4 Å². The zero-order valence-electron chi connectivity index (χ0n) is 29.4. The molecule has 0 aliphatic carbocycles. The molecule has 0 spiro atoms. The number of rotatable bonds is 3. The van der Waals surface area contributed by atoms with Crippen molar-refractivity contribution < 1.29 is 4.42 Å². The highest BCUT2D eigenvalue weighted by molar-refractivity contribution is 6.21. The van der Waals surface area contributed by atoms with E-state index in [9.17, 15) is 0 Å². The van der Waals surface area contributed by atoms with Crippen molar-refractivity contribution in [2.24, 2.45) is 0 Å². The average molecular weight is 701 g/mol. The predicted molar refractivity (Wildman–Crippen MR) is 226 cm³/mol. The molecule has 0 amide bonds. The van der Waals surface area contributed by atoms with Crippen molar-refractivity contribution in [3.05, 3.63) is 170 Å². The van der Waals surface area contributed by atoms with Crippen LogP contribution in [-0.4, -0.2) is 19.9 Å². The molecule has 9 aromatic carbocycles. The molecule has 0 N–H and O–H groups in total. The number of hydrogen-bond donors (Lipinski definition) is 0. The number of pyridine rings is 1. The van der Waals surface area contributed by atoms with Gasteiger partial charge < -0.3 is 4.42 Å². The van der Waals surface area contributed by atoms with E-state index in [4.69, 9.17) is 24.4 Å². The van der Waals surface area contributed by atoms with Crippen LogP contribution in [0.5, 0.6) is 0 Å². The number of fused-ring (bicyclic) bond motifs is 13. The van der Waals surface area contributed by atoms with Crippen molar-refractivity contribution in [2.45, 2.75) is 0 Å². The fourth-order valence-electron chi connectivity index (χ4n) is 8.61. The molecule has 3 heterocycles. The first kappa shape index (κ1) is 30.0. The van der Waals surface area contributed by atoms with E-state index in [1.165, 1.54) is 5.39 Å². The molecule has 55 heavy (non-hydrogen) atoms. The van der Waals surface area contributed by atoms with Crippen LogP contribution in [0.2, 0.25) is 0 Å². The molecule has 254 valence electrons. The Labute approximate surface area is 314 Å². The molecule has 12 aromatic rings. The van der Waals surface area contributed by atoms with Crippen LogP contribution in [0.15, 0.2) is 174 Å². The predicted octanol–water partition coefficient (Wildman–Crippen LogP) is 13.1. The van der Waals surface area contributed by atoms with Gasteiger partial charge in [0.25, 0.3) is 0 Å². The summed E-state index contributed by atoms with van der Waals surface area (Å²) in [7, 11) is 0. The van der Waals surface area contributed by atoms with E-state index in [1.807, 2.05) is 24.4 Å².